The molecule has 3 heteroatoms. The highest BCUT2D eigenvalue weighted by Crippen LogP contribution is 2.28. The fourth-order valence-electron chi connectivity index (χ4n) is 2.53. The lowest BCUT2D eigenvalue weighted by molar-refractivity contribution is 0.383. The molecule has 0 aliphatic rings. The summed E-state index contributed by atoms with van der Waals surface area (Å²) in [4.78, 5) is 4.85. The van der Waals surface area contributed by atoms with Crippen molar-refractivity contribution in [1.82, 2.24) is 14.9 Å². The van der Waals surface area contributed by atoms with Crippen molar-refractivity contribution in [3.63, 3.8) is 0 Å². The van der Waals surface area contributed by atoms with Crippen LogP contribution in [0.15, 0.2) is 24.3 Å². The zero-order valence-corrected chi connectivity index (χ0v) is 12.7. The maximum atomic E-state index is 4.85. The van der Waals surface area contributed by atoms with Crippen LogP contribution in [0.3, 0.4) is 0 Å². The minimum atomic E-state index is 0.0475. The summed E-state index contributed by atoms with van der Waals surface area (Å²) in [6.45, 7) is 13.1. The van der Waals surface area contributed by atoms with Gasteiger partial charge in [0.1, 0.15) is 5.82 Å². The van der Waals surface area contributed by atoms with Gasteiger partial charge in [-0.2, -0.15) is 0 Å². The number of hydrogen-bond acceptors (Lipinski definition) is 2. The molecule has 0 aliphatic carbocycles. The van der Waals surface area contributed by atoms with Crippen LogP contribution in [0.2, 0.25) is 0 Å². The standard InChI is InChI=1S/C16H25N3/c1-6-17-11-12(2)15-18-13-9-7-8-10-14(13)19(15)16(3,4)5/h7-10,12,17H,6,11H2,1-5H3. The number of hydrogen-bond donors (Lipinski definition) is 1. The van der Waals surface area contributed by atoms with Crippen LogP contribution in [0, 0.1) is 0 Å². The highest BCUT2D eigenvalue weighted by molar-refractivity contribution is 5.76. The Bertz CT molecular complexity index is 549. The molecule has 1 aromatic heterocycles. The molecule has 3 nitrogen and oxygen atoms in total. The first kappa shape index (κ1) is 14.1. The Balaban J connectivity index is 2.53. The molecule has 0 spiro atoms. The highest BCUT2D eigenvalue weighted by Gasteiger charge is 2.23. The van der Waals surface area contributed by atoms with Crippen LogP contribution in [0.1, 0.15) is 46.4 Å². The third-order valence-electron chi connectivity index (χ3n) is 3.40. The van der Waals surface area contributed by atoms with Crippen LogP contribution in [0.25, 0.3) is 11.0 Å². The van der Waals surface area contributed by atoms with E-state index in [1.54, 1.807) is 0 Å². The molecule has 1 unspecified atom stereocenters. The Morgan fingerprint density at radius 2 is 1.95 bits per heavy atom. The summed E-state index contributed by atoms with van der Waals surface area (Å²) in [5.41, 5.74) is 2.37. The molecule has 104 valence electrons. The van der Waals surface area contributed by atoms with Gasteiger partial charge >= 0.3 is 0 Å². The number of aromatic nitrogens is 2. The lowest BCUT2D eigenvalue weighted by Crippen LogP contribution is -2.28. The van der Waals surface area contributed by atoms with Crippen molar-refractivity contribution in [1.29, 1.82) is 0 Å². The van der Waals surface area contributed by atoms with Crippen LogP contribution in [0.4, 0.5) is 0 Å². The van der Waals surface area contributed by atoms with Gasteiger partial charge in [-0.05, 0) is 39.4 Å². The van der Waals surface area contributed by atoms with Crippen LogP contribution in [-0.4, -0.2) is 22.6 Å². The molecule has 0 saturated carbocycles. The van der Waals surface area contributed by atoms with Gasteiger partial charge < -0.3 is 9.88 Å². The van der Waals surface area contributed by atoms with E-state index in [1.807, 2.05) is 0 Å². The Kier molecular flexibility index (Phi) is 3.95. The molecule has 2 rings (SSSR count). The zero-order chi connectivity index (χ0) is 14.0. The maximum absolute atomic E-state index is 4.85. The molecule has 0 bridgehead atoms. The third kappa shape index (κ3) is 2.81. The minimum absolute atomic E-state index is 0.0475. The lowest BCUT2D eigenvalue weighted by atomic mass is 10.1. The van der Waals surface area contributed by atoms with Crippen LogP contribution < -0.4 is 5.32 Å². The highest BCUT2D eigenvalue weighted by atomic mass is 15.1. The summed E-state index contributed by atoms with van der Waals surface area (Å²) < 4.78 is 2.38. The van der Waals surface area contributed by atoms with E-state index in [-0.39, 0.29) is 5.54 Å². The van der Waals surface area contributed by atoms with Gasteiger partial charge in [0.05, 0.1) is 11.0 Å². The van der Waals surface area contributed by atoms with Gasteiger partial charge in [-0.1, -0.05) is 26.0 Å². The number of benzene rings is 1. The van der Waals surface area contributed by atoms with E-state index in [4.69, 9.17) is 4.98 Å². The summed E-state index contributed by atoms with van der Waals surface area (Å²) in [5, 5.41) is 3.42. The second kappa shape index (κ2) is 5.33. The predicted octanol–water partition coefficient (Wildman–Crippen LogP) is 3.50. The molecule has 2 aromatic rings. The van der Waals surface area contributed by atoms with Crippen LogP contribution in [-0.2, 0) is 5.54 Å². The van der Waals surface area contributed by atoms with Gasteiger partial charge in [0.2, 0.25) is 0 Å². The monoisotopic (exact) mass is 259 g/mol. The molecule has 0 radical (unpaired) electrons. The number of nitrogens with zero attached hydrogens (tertiary/aromatic N) is 2. The Hall–Kier alpha value is -1.35. The van der Waals surface area contributed by atoms with E-state index in [9.17, 15) is 0 Å². The first-order valence-corrected chi connectivity index (χ1v) is 7.13. The summed E-state index contributed by atoms with van der Waals surface area (Å²) in [7, 11) is 0. The average Bonchev–Trinajstić information content (AvgIpc) is 2.74. The summed E-state index contributed by atoms with van der Waals surface area (Å²) >= 11 is 0. The molecule has 0 amide bonds. The van der Waals surface area contributed by atoms with Crippen LogP contribution in [0.5, 0.6) is 0 Å². The van der Waals surface area contributed by atoms with Gasteiger partial charge in [-0.3, -0.25) is 0 Å². The van der Waals surface area contributed by atoms with Gasteiger partial charge in [0.15, 0.2) is 0 Å². The van der Waals surface area contributed by atoms with E-state index in [0.29, 0.717) is 5.92 Å². The fraction of sp³-hybridized carbons (Fsp3) is 0.562. The lowest BCUT2D eigenvalue weighted by Gasteiger charge is -2.26. The normalized spacial score (nSPS) is 13.9. The summed E-state index contributed by atoms with van der Waals surface area (Å²) in [6, 6.07) is 8.41. The zero-order valence-electron chi connectivity index (χ0n) is 12.7. The number of imidazole rings is 1. The molecule has 0 saturated heterocycles. The number of fused-ring (bicyclic) bond motifs is 1. The van der Waals surface area contributed by atoms with Crippen molar-refractivity contribution >= 4 is 11.0 Å². The predicted molar refractivity (Wildman–Crippen MR) is 81.7 cm³/mol. The van der Waals surface area contributed by atoms with Crippen molar-refractivity contribution in [2.75, 3.05) is 13.1 Å². The van der Waals surface area contributed by atoms with E-state index in [2.05, 4.69) is 68.8 Å². The maximum Gasteiger partial charge on any atom is 0.114 e. The number of rotatable bonds is 4. The molecule has 0 fully saturated rings. The molecule has 19 heavy (non-hydrogen) atoms. The Labute approximate surface area is 116 Å². The Morgan fingerprint density at radius 1 is 1.26 bits per heavy atom. The SMILES string of the molecule is CCNCC(C)c1nc2ccccc2n1C(C)(C)C. The van der Waals surface area contributed by atoms with Crippen molar-refractivity contribution in [3.8, 4) is 0 Å². The van der Waals surface area contributed by atoms with Gasteiger partial charge in [-0.25, -0.2) is 4.98 Å². The van der Waals surface area contributed by atoms with E-state index >= 15 is 0 Å². The number of nitrogens with one attached hydrogen (secondary N) is 1. The van der Waals surface area contributed by atoms with Crippen molar-refractivity contribution in [3.05, 3.63) is 30.1 Å². The van der Waals surface area contributed by atoms with Crippen molar-refractivity contribution in [2.45, 2.75) is 46.1 Å². The molecule has 1 N–H and O–H groups in total. The van der Waals surface area contributed by atoms with Crippen molar-refractivity contribution in [2.24, 2.45) is 0 Å². The topological polar surface area (TPSA) is 29.9 Å². The second-order valence-electron chi connectivity index (χ2n) is 6.17. The third-order valence-corrected chi connectivity index (χ3v) is 3.40. The second-order valence-corrected chi connectivity index (χ2v) is 6.17. The first-order chi connectivity index (χ1) is 8.95. The molecule has 1 heterocycles. The molecule has 0 aliphatic heterocycles. The summed E-state index contributed by atoms with van der Waals surface area (Å²) in [5.74, 6) is 1.58. The smallest absolute Gasteiger partial charge is 0.114 e. The Morgan fingerprint density at radius 3 is 2.58 bits per heavy atom. The molecule has 1 atom stereocenters. The first-order valence-electron chi connectivity index (χ1n) is 7.13. The van der Waals surface area contributed by atoms with E-state index in [0.717, 1.165) is 18.6 Å². The number of para-hydroxylation sites is 2. The van der Waals surface area contributed by atoms with Crippen molar-refractivity contribution < 1.29 is 0 Å². The average molecular weight is 259 g/mol. The quantitative estimate of drug-likeness (QED) is 0.910. The largest absolute Gasteiger partial charge is 0.322 e. The fourth-order valence-corrected chi connectivity index (χ4v) is 2.53. The van der Waals surface area contributed by atoms with E-state index in [1.165, 1.54) is 11.3 Å². The molecular formula is C16H25N3. The number of likely N-dealkylation sites (N-methyl/N-ethyl adjacent to an activating group) is 1. The van der Waals surface area contributed by atoms with Gasteiger partial charge in [0.25, 0.3) is 0 Å². The van der Waals surface area contributed by atoms with Gasteiger partial charge in [-0.15, -0.1) is 0 Å². The minimum Gasteiger partial charge on any atom is -0.322 e. The molecule has 1 aromatic carbocycles. The molecular weight excluding hydrogens is 234 g/mol. The van der Waals surface area contributed by atoms with Crippen LogP contribution >= 0.6 is 0 Å². The summed E-state index contributed by atoms with van der Waals surface area (Å²) in [6.07, 6.45) is 0. The van der Waals surface area contributed by atoms with Gasteiger partial charge in [0, 0.05) is 18.0 Å². The van der Waals surface area contributed by atoms with E-state index < -0.39 is 0 Å².